The fourth-order valence-electron chi connectivity index (χ4n) is 5.84. The average Bonchev–Trinajstić information content (AvgIpc) is 3.51. The predicted molar refractivity (Wildman–Crippen MR) is 126 cm³/mol. The van der Waals surface area contributed by atoms with Gasteiger partial charge in [0.25, 0.3) is 0 Å². The number of ether oxygens (including phenoxy) is 1. The Morgan fingerprint density at radius 3 is 2.52 bits per heavy atom. The average molecular weight is 441 g/mol. The number of hydrogen-bond acceptors (Lipinski definition) is 3. The Bertz CT molecular complexity index is 880. The number of fused-ring (bicyclic) bond motifs is 2. The number of nitrogens with zero attached hydrogens (tertiary/aromatic N) is 2. The molecule has 2 N–H and O–H groups in total. The van der Waals surface area contributed by atoms with Crippen molar-refractivity contribution in [3.8, 4) is 5.75 Å². The van der Waals surface area contributed by atoms with E-state index < -0.39 is 0 Å². The third-order valence-corrected chi connectivity index (χ3v) is 8.15. The van der Waals surface area contributed by atoms with Crippen LogP contribution in [0.1, 0.15) is 32.1 Å². The quantitative estimate of drug-likeness (QED) is 0.552. The van der Waals surface area contributed by atoms with E-state index in [0.717, 1.165) is 56.5 Å². The van der Waals surface area contributed by atoms with Gasteiger partial charge in [0.05, 0.1) is 12.8 Å². The summed E-state index contributed by atoms with van der Waals surface area (Å²) >= 11 is 5.78. The van der Waals surface area contributed by atoms with Gasteiger partial charge < -0.3 is 25.2 Å². The summed E-state index contributed by atoms with van der Waals surface area (Å²) in [6, 6.07) is 8.00. The number of urea groups is 1. The molecule has 1 unspecified atom stereocenters. The molecule has 7 heteroatoms. The van der Waals surface area contributed by atoms with Gasteiger partial charge in [-0.25, -0.2) is 4.79 Å². The lowest BCUT2D eigenvalue weighted by atomic mass is 9.78. The summed E-state index contributed by atoms with van der Waals surface area (Å²) in [5.41, 5.74) is 0.996. The lowest BCUT2D eigenvalue weighted by Gasteiger charge is -2.39. The number of carbonyl (C=O) groups excluding carboxylic acids is 1. The second-order valence-electron chi connectivity index (χ2n) is 9.63. The summed E-state index contributed by atoms with van der Waals surface area (Å²) in [6.45, 7) is 3.60. The lowest BCUT2D eigenvalue weighted by molar-refractivity contribution is 0.131. The number of likely N-dealkylation sites (tertiary alicyclic amines) is 2. The molecular weight excluding hydrogens is 408 g/mol. The third-order valence-electron chi connectivity index (χ3n) is 7.77. The van der Waals surface area contributed by atoms with Crippen molar-refractivity contribution >= 4 is 29.0 Å². The van der Waals surface area contributed by atoms with Crippen LogP contribution in [0.5, 0.6) is 5.75 Å². The van der Waals surface area contributed by atoms with E-state index in [1.807, 2.05) is 29.2 Å². The van der Waals surface area contributed by atoms with Crippen molar-refractivity contribution in [1.82, 2.24) is 15.1 Å². The summed E-state index contributed by atoms with van der Waals surface area (Å²) in [5, 5.41) is 7.59. The number of para-hydroxylation sites is 2. The summed E-state index contributed by atoms with van der Waals surface area (Å²) in [5.74, 6) is 2.09. The van der Waals surface area contributed by atoms with Crippen LogP contribution in [0.15, 0.2) is 36.4 Å². The maximum Gasteiger partial charge on any atom is 0.321 e. The smallest absolute Gasteiger partial charge is 0.321 e. The lowest BCUT2D eigenvalue weighted by Crippen LogP contribution is -2.48. The van der Waals surface area contributed by atoms with E-state index in [1.165, 1.54) is 12.8 Å². The van der Waals surface area contributed by atoms with Crippen LogP contribution in [0.4, 0.5) is 10.5 Å². The second kappa shape index (κ2) is 8.34. The summed E-state index contributed by atoms with van der Waals surface area (Å²) < 4.78 is 5.35. The Morgan fingerprint density at radius 1 is 1.10 bits per heavy atom. The van der Waals surface area contributed by atoms with E-state index >= 15 is 0 Å². The molecule has 6 nitrogen and oxygen atoms in total. The normalized spacial score (nSPS) is 28.2. The van der Waals surface area contributed by atoms with Gasteiger partial charge in [-0.2, -0.15) is 0 Å². The highest BCUT2D eigenvalue weighted by Gasteiger charge is 2.43. The highest BCUT2D eigenvalue weighted by atomic mass is 32.1. The Balaban J connectivity index is 1.12. The van der Waals surface area contributed by atoms with Gasteiger partial charge >= 0.3 is 6.03 Å². The van der Waals surface area contributed by atoms with Crippen LogP contribution in [0.25, 0.3) is 0 Å². The highest BCUT2D eigenvalue weighted by molar-refractivity contribution is 7.80. The molecule has 1 spiro atoms. The molecule has 3 atom stereocenters. The van der Waals surface area contributed by atoms with Gasteiger partial charge in [0.2, 0.25) is 0 Å². The number of anilines is 1. The van der Waals surface area contributed by atoms with E-state index in [1.54, 1.807) is 7.11 Å². The molecule has 2 saturated heterocycles. The minimum absolute atomic E-state index is 0.0456. The van der Waals surface area contributed by atoms with Gasteiger partial charge in [-0.1, -0.05) is 24.3 Å². The van der Waals surface area contributed by atoms with E-state index in [2.05, 4.69) is 27.7 Å². The first kappa shape index (κ1) is 20.6. The fourth-order valence-corrected chi connectivity index (χ4v) is 6.15. The first-order valence-corrected chi connectivity index (χ1v) is 11.9. The van der Waals surface area contributed by atoms with Gasteiger partial charge in [0, 0.05) is 32.2 Å². The Labute approximate surface area is 190 Å². The molecule has 1 aromatic carbocycles. The summed E-state index contributed by atoms with van der Waals surface area (Å²) in [4.78, 5) is 17.1. The van der Waals surface area contributed by atoms with Crippen molar-refractivity contribution in [2.24, 2.45) is 17.3 Å². The monoisotopic (exact) mass is 440 g/mol. The number of thiocarbonyl (C=S) groups is 1. The molecule has 5 rings (SSSR count). The molecule has 2 heterocycles. The topological polar surface area (TPSA) is 56.8 Å². The largest absolute Gasteiger partial charge is 0.495 e. The van der Waals surface area contributed by atoms with Crippen molar-refractivity contribution in [3.63, 3.8) is 0 Å². The fraction of sp³-hybridized carbons (Fsp3) is 0.583. The van der Waals surface area contributed by atoms with Gasteiger partial charge in [-0.15, -0.1) is 0 Å². The first-order chi connectivity index (χ1) is 15.0. The molecule has 1 aromatic rings. The van der Waals surface area contributed by atoms with Crippen LogP contribution in [0.2, 0.25) is 0 Å². The molecule has 2 amide bonds. The molecule has 3 fully saturated rings. The molecular formula is C24H32N4O2S. The number of allylic oxidation sites excluding steroid dienone is 1. The van der Waals surface area contributed by atoms with Crippen molar-refractivity contribution in [1.29, 1.82) is 0 Å². The minimum atomic E-state index is -0.0456. The van der Waals surface area contributed by atoms with Crippen molar-refractivity contribution in [2.75, 3.05) is 38.6 Å². The second-order valence-corrected chi connectivity index (χ2v) is 10.0. The summed E-state index contributed by atoms with van der Waals surface area (Å²) in [6.07, 6.45) is 10.5. The zero-order chi connectivity index (χ0) is 21.4. The Morgan fingerprint density at radius 2 is 1.84 bits per heavy atom. The van der Waals surface area contributed by atoms with Crippen LogP contribution >= 0.6 is 12.2 Å². The minimum Gasteiger partial charge on any atom is -0.495 e. The van der Waals surface area contributed by atoms with Gasteiger partial charge in [-0.05, 0) is 73.7 Å². The van der Waals surface area contributed by atoms with Crippen molar-refractivity contribution in [2.45, 2.75) is 38.1 Å². The molecule has 4 aliphatic rings. The number of piperidine rings is 1. The molecule has 2 bridgehead atoms. The first-order valence-electron chi connectivity index (χ1n) is 11.5. The van der Waals surface area contributed by atoms with Crippen LogP contribution in [0.3, 0.4) is 0 Å². The molecule has 1 saturated carbocycles. The molecule has 166 valence electrons. The maximum atomic E-state index is 12.8. The summed E-state index contributed by atoms with van der Waals surface area (Å²) in [7, 11) is 1.62. The standard InChI is InChI=1S/C24H32N4O2S/c1-30-21-5-3-2-4-19(21)25-22(29)27-11-8-24(9-12-27)10-13-28(16-24)23(31)26-20-15-17-6-7-18(20)14-17/h2-7,17-18,20H,8-16H2,1H3,(H,25,29)(H,26,31)/t17-,18+,20?/m0/s1. The highest BCUT2D eigenvalue weighted by Crippen LogP contribution is 2.42. The van der Waals surface area contributed by atoms with Gasteiger partial charge in [0.1, 0.15) is 5.75 Å². The number of carbonyl (C=O) groups is 1. The number of hydrogen-bond donors (Lipinski definition) is 2. The number of rotatable bonds is 3. The van der Waals surface area contributed by atoms with E-state index in [0.29, 0.717) is 23.4 Å². The number of amides is 2. The molecule has 0 aromatic heterocycles. The van der Waals surface area contributed by atoms with Gasteiger partial charge in [0.15, 0.2) is 5.11 Å². The van der Waals surface area contributed by atoms with Crippen LogP contribution in [-0.2, 0) is 0 Å². The third kappa shape index (κ3) is 4.12. The Hall–Kier alpha value is -2.28. The zero-order valence-corrected chi connectivity index (χ0v) is 19.0. The Kier molecular flexibility index (Phi) is 5.54. The molecule has 31 heavy (non-hydrogen) atoms. The number of benzene rings is 1. The number of nitrogens with one attached hydrogen (secondary N) is 2. The van der Waals surface area contributed by atoms with Gasteiger partial charge in [-0.3, -0.25) is 0 Å². The van der Waals surface area contributed by atoms with E-state index in [-0.39, 0.29) is 11.4 Å². The predicted octanol–water partition coefficient (Wildman–Crippen LogP) is 3.85. The van der Waals surface area contributed by atoms with Crippen LogP contribution in [0, 0.1) is 17.3 Å². The van der Waals surface area contributed by atoms with Crippen LogP contribution < -0.4 is 15.4 Å². The van der Waals surface area contributed by atoms with E-state index in [9.17, 15) is 4.79 Å². The molecule has 0 radical (unpaired) electrons. The van der Waals surface area contributed by atoms with E-state index in [4.69, 9.17) is 17.0 Å². The van der Waals surface area contributed by atoms with Crippen molar-refractivity contribution in [3.05, 3.63) is 36.4 Å². The molecule has 2 aliphatic carbocycles. The SMILES string of the molecule is COc1ccccc1NC(=O)N1CCC2(CC1)CCN(C(=S)NC1C[C@H]3C=C[C@@H]1C3)C2. The van der Waals surface area contributed by atoms with Crippen molar-refractivity contribution < 1.29 is 9.53 Å². The zero-order valence-electron chi connectivity index (χ0n) is 18.2. The molecule has 2 aliphatic heterocycles. The van der Waals surface area contributed by atoms with Crippen LogP contribution in [-0.4, -0.2) is 60.3 Å². The maximum absolute atomic E-state index is 12.8. The number of methoxy groups -OCH3 is 1.